The Hall–Kier alpha value is -1.06. The molecule has 3 nitrogen and oxygen atoms in total. The standard InChI is InChI=1S/C15H21NO2.ClH/c1-2-18-15(17)11-12-3-5-13(6-4-12)14-7-9-16-10-8-14;/h3-6,14,16H,2,7-11H2,1H3;1H. The summed E-state index contributed by atoms with van der Waals surface area (Å²) < 4.78 is 4.95. The van der Waals surface area contributed by atoms with Crippen LogP contribution in [0.2, 0.25) is 0 Å². The second kappa shape index (κ2) is 8.18. The van der Waals surface area contributed by atoms with E-state index in [0.29, 0.717) is 18.9 Å². The predicted molar refractivity (Wildman–Crippen MR) is 78.9 cm³/mol. The fourth-order valence-corrected chi connectivity index (χ4v) is 2.44. The average Bonchev–Trinajstić information content (AvgIpc) is 2.41. The first-order valence-electron chi connectivity index (χ1n) is 6.74. The number of hydrogen-bond acceptors (Lipinski definition) is 3. The molecule has 1 aliphatic rings. The van der Waals surface area contributed by atoms with Gasteiger partial charge in [0.1, 0.15) is 0 Å². The molecule has 2 rings (SSSR count). The lowest BCUT2D eigenvalue weighted by Crippen LogP contribution is -2.26. The summed E-state index contributed by atoms with van der Waals surface area (Å²) in [5, 5.41) is 3.37. The van der Waals surface area contributed by atoms with E-state index in [2.05, 4.69) is 17.4 Å². The molecular weight excluding hydrogens is 262 g/mol. The average molecular weight is 284 g/mol. The number of ether oxygens (including phenoxy) is 1. The second-order valence-corrected chi connectivity index (χ2v) is 4.75. The van der Waals surface area contributed by atoms with Crippen LogP contribution < -0.4 is 5.32 Å². The van der Waals surface area contributed by atoms with Crippen molar-refractivity contribution in [3.8, 4) is 0 Å². The van der Waals surface area contributed by atoms with Crippen molar-refractivity contribution in [1.82, 2.24) is 5.32 Å². The van der Waals surface area contributed by atoms with Gasteiger partial charge in [0.05, 0.1) is 13.0 Å². The van der Waals surface area contributed by atoms with Crippen LogP contribution in [-0.4, -0.2) is 25.7 Å². The first-order valence-corrected chi connectivity index (χ1v) is 6.74. The number of carbonyl (C=O) groups excluding carboxylic acids is 1. The number of hydrogen-bond donors (Lipinski definition) is 1. The van der Waals surface area contributed by atoms with Crippen LogP contribution in [0.4, 0.5) is 0 Å². The van der Waals surface area contributed by atoms with E-state index in [1.54, 1.807) is 0 Å². The van der Waals surface area contributed by atoms with Gasteiger partial charge >= 0.3 is 5.97 Å². The van der Waals surface area contributed by atoms with Crippen LogP contribution in [0.15, 0.2) is 24.3 Å². The molecule has 106 valence electrons. The van der Waals surface area contributed by atoms with Crippen molar-refractivity contribution in [1.29, 1.82) is 0 Å². The maximum atomic E-state index is 11.4. The van der Waals surface area contributed by atoms with E-state index in [4.69, 9.17) is 4.74 Å². The van der Waals surface area contributed by atoms with Gasteiger partial charge in [0.15, 0.2) is 0 Å². The highest BCUT2D eigenvalue weighted by atomic mass is 35.5. The highest BCUT2D eigenvalue weighted by Crippen LogP contribution is 2.25. The highest BCUT2D eigenvalue weighted by molar-refractivity contribution is 5.85. The normalized spacial score (nSPS) is 15.6. The van der Waals surface area contributed by atoms with E-state index in [1.165, 1.54) is 18.4 Å². The van der Waals surface area contributed by atoms with Gasteiger partial charge in [0.25, 0.3) is 0 Å². The fourth-order valence-electron chi connectivity index (χ4n) is 2.44. The number of carbonyl (C=O) groups is 1. The molecule has 1 saturated heterocycles. The first kappa shape index (κ1) is 16.0. The third-order valence-electron chi connectivity index (χ3n) is 3.44. The van der Waals surface area contributed by atoms with Crippen LogP contribution in [-0.2, 0) is 16.0 Å². The molecule has 19 heavy (non-hydrogen) atoms. The van der Waals surface area contributed by atoms with Gasteiger partial charge in [-0.1, -0.05) is 24.3 Å². The van der Waals surface area contributed by atoms with E-state index in [0.717, 1.165) is 18.7 Å². The Bertz CT molecular complexity index is 386. The lowest BCUT2D eigenvalue weighted by atomic mass is 9.89. The number of halogens is 1. The molecule has 0 bridgehead atoms. The van der Waals surface area contributed by atoms with Gasteiger partial charge in [0.2, 0.25) is 0 Å². The lowest BCUT2D eigenvalue weighted by molar-refractivity contribution is -0.142. The molecule has 1 heterocycles. The summed E-state index contributed by atoms with van der Waals surface area (Å²) in [5.74, 6) is 0.523. The Kier molecular flexibility index (Phi) is 6.89. The zero-order chi connectivity index (χ0) is 12.8. The summed E-state index contributed by atoms with van der Waals surface area (Å²) in [6, 6.07) is 8.41. The van der Waals surface area contributed by atoms with Gasteiger partial charge in [-0.25, -0.2) is 0 Å². The zero-order valence-corrected chi connectivity index (χ0v) is 12.2. The molecule has 4 heteroatoms. The molecule has 0 aromatic heterocycles. The summed E-state index contributed by atoms with van der Waals surface area (Å²) in [7, 11) is 0. The highest BCUT2D eigenvalue weighted by Gasteiger charge is 2.14. The maximum Gasteiger partial charge on any atom is 0.310 e. The quantitative estimate of drug-likeness (QED) is 0.864. The molecule has 0 spiro atoms. The van der Waals surface area contributed by atoms with Gasteiger partial charge in [-0.15, -0.1) is 12.4 Å². The minimum atomic E-state index is -0.146. The Labute approximate surface area is 121 Å². The third kappa shape index (κ3) is 4.84. The van der Waals surface area contributed by atoms with Crippen LogP contribution in [0, 0.1) is 0 Å². The second-order valence-electron chi connectivity index (χ2n) is 4.75. The number of esters is 1. The first-order chi connectivity index (χ1) is 8.79. The molecule has 0 radical (unpaired) electrons. The van der Waals surface area contributed by atoms with Gasteiger partial charge in [-0.05, 0) is 49.9 Å². The van der Waals surface area contributed by atoms with Gasteiger partial charge in [0, 0.05) is 0 Å². The van der Waals surface area contributed by atoms with Gasteiger partial charge < -0.3 is 10.1 Å². The summed E-state index contributed by atoms with van der Waals surface area (Å²) in [5.41, 5.74) is 2.43. The molecule has 0 saturated carbocycles. The molecule has 0 unspecified atom stereocenters. The van der Waals surface area contributed by atoms with E-state index in [9.17, 15) is 4.79 Å². The lowest BCUT2D eigenvalue weighted by Gasteiger charge is -2.23. The van der Waals surface area contributed by atoms with Crippen molar-refractivity contribution < 1.29 is 9.53 Å². The Morgan fingerprint density at radius 2 is 1.89 bits per heavy atom. The molecule has 1 aromatic carbocycles. The van der Waals surface area contributed by atoms with Crippen molar-refractivity contribution in [2.45, 2.75) is 32.1 Å². The fraction of sp³-hybridized carbons (Fsp3) is 0.533. The summed E-state index contributed by atoms with van der Waals surface area (Å²) in [4.78, 5) is 11.4. The SMILES string of the molecule is CCOC(=O)Cc1ccc(C2CCNCC2)cc1.Cl. The van der Waals surface area contributed by atoms with Crippen LogP contribution >= 0.6 is 12.4 Å². The topological polar surface area (TPSA) is 38.3 Å². The Morgan fingerprint density at radius 3 is 2.47 bits per heavy atom. The van der Waals surface area contributed by atoms with E-state index >= 15 is 0 Å². The largest absolute Gasteiger partial charge is 0.466 e. The monoisotopic (exact) mass is 283 g/mol. The Morgan fingerprint density at radius 1 is 1.26 bits per heavy atom. The van der Waals surface area contributed by atoms with Crippen molar-refractivity contribution >= 4 is 18.4 Å². The van der Waals surface area contributed by atoms with Crippen LogP contribution in [0.5, 0.6) is 0 Å². The number of piperidine rings is 1. The molecular formula is C15H22ClNO2. The predicted octanol–water partition coefficient (Wildman–Crippen LogP) is 2.68. The van der Waals surface area contributed by atoms with Crippen molar-refractivity contribution in [3.05, 3.63) is 35.4 Å². The zero-order valence-electron chi connectivity index (χ0n) is 11.4. The smallest absolute Gasteiger partial charge is 0.310 e. The molecule has 1 aromatic rings. The van der Waals surface area contributed by atoms with Gasteiger partial charge in [-0.3, -0.25) is 4.79 Å². The summed E-state index contributed by atoms with van der Waals surface area (Å²) in [6.45, 7) is 4.49. The van der Waals surface area contributed by atoms with E-state index in [1.807, 2.05) is 19.1 Å². The third-order valence-corrected chi connectivity index (χ3v) is 3.44. The number of rotatable bonds is 4. The summed E-state index contributed by atoms with van der Waals surface area (Å²) >= 11 is 0. The van der Waals surface area contributed by atoms with E-state index in [-0.39, 0.29) is 18.4 Å². The molecule has 0 atom stereocenters. The summed E-state index contributed by atoms with van der Waals surface area (Å²) in [6.07, 6.45) is 2.79. The molecule has 0 aliphatic carbocycles. The number of nitrogens with one attached hydrogen (secondary N) is 1. The molecule has 0 amide bonds. The van der Waals surface area contributed by atoms with Crippen LogP contribution in [0.1, 0.15) is 36.8 Å². The Balaban J connectivity index is 0.00000180. The van der Waals surface area contributed by atoms with Gasteiger partial charge in [-0.2, -0.15) is 0 Å². The van der Waals surface area contributed by atoms with E-state index < -0.39 is 0 Å². The minimum absolute atomic E-state index is 0. The van der Waals surface area contributed by atoms with Crippen molar-refractivity contribution in [2.24, 2.45) is 0 Å². The van der Waals surface area contributed by atoms with Crippen molar-refractivity contribution in [3.63, 3.8) is 0 Å². The van der Waals surface area contributed by atoms with Crippen LogP contribution in [0.3, 0.4) is 0 Å². The minimum Gasteiger partial charge on any atom is -0.466 e. The molecule has 1 N–H and O–H groups in total. The molecule has 1 aliphatic heterocycles. The molecule has 1 fully saturated rings. The maximum absolute atomic E-state index is 11.4. The number of benzene rings is 1. The van der Waals surface area contributed by atoms with Crippen molar-refractivity contribution in [2.75, 3.05) is 19.7 Å². The van der Waals surface area contributed by atoms with Crippen LogP contribution in [0.25, 0.3) is 0 Å².